The summed E-state index contributed by atoms with van der Waals surface area (Å²) in [6.07, 6.45) is 3.66. The monoisotopic (exact) mass is 341 g/mol. The quantitative estimate of drug-likeness (QED) is 0.847. The van der Waals surface area contributed by atoms with E-state index in [4.69, 9.17) is 9.47 Å². The Hall–Kier alpha value is -1.85. The Morgan fingerprint density at radius 3 is 3.08 bits per heavy atom. The number of ketones is 1. The molecule has 5 rings (SSSR count). The van der Waals surface area contributed by atoms with Crippen molar-refractivity contribution < 1.29 is 19.4 Å². The number of piperidine rings is 1. The lowest BCUT2D eigenvalue weighted by molar-refractivity contribution is -0.187. The van der Waals surface area contributed by atoms with Crippen molar-refractivity contribution in [2.45, 2.75) is 48.8 Å². The first-order valence-electron chi connectivity index (χ1n) is 9.04. The predicted octanol–water partition coefficient (Wildman–Crippen LogP) is 1.60. The number of carbonyl (C=O) groups excluding carboxylic acids is 1. The smallest absolute Gasteiger partial charge is 0.174 e. The average Bonchev–Trinajstić information content (AvgIpc) is 2.96. The molecule has 2 bridgehead atoms. The Morgan fingerprint density at radius 2 is 2.32 bits per heavy atom. The SMILES string of the molecule is C=CCN1CC[C@@]23c4c5ccc(OC)c4O[C@@H]2C(=O)CC[C@]3(O)[C@@H]1C5. The molecule has 1 spiro atoms. The second-order valence-electron chi connectivity index (χ2n) is 7.74. The molecule has 4 aliphatic rings. The minimum Gasteiger partial charge on any atom is -0.493 e. The molecule has 2 aliphatic carbocycles. The van der Waals surface area contributed by atoms with Gasteiger partial charge in [0.25, 0.3) is 0 Å². The summed E-state index contributed by atoms with van der Waals surface area (Å²) in [5.41, 5.74) is 0.623. The molecule has 5 nitrogen and oxygen atoms in total. The van der Waals surface area contributed by atoms with Crippen LogP contribution in [0.2, 0.25) is 0 Å². The first-order valence-corrected chi connectivity index (χ1v) is 9.04. The molecule has 25 heavy (non-hydrogen) atoms. The van der Waals surface area contributed by atoms with Gasteiger partial charge < -0.3 is 14.6 Å². The van der Waals surface area contributed by atoms with Crippen molar-refractivity contribution in [1.29, 1.82) is 0 Å². The minimum atomic E-state index is -0.947. The number of hydrogen-bond donors (Lipinski definition) is 1. The minimum absolute atomic E-state index is 0.00899. The molecule has 0 unspecified atom stereocenters. The van der Waals surface area contributed by atoms with E-state index in [9.17, 15) is 9.90 Å². The highest BCUT2D eigenvalue weighted by molar-refractivity contribution is 5.90. The highest BCUT2D eigenvalue weighted by Crippen LogP contribution is 2.64. The molecule has 2 heterocycles. The fourth-order valence-electron chi connectivity index (χ4n) is 5.95. The van der Waals surface area contributed by atoms with Crippen LogP contribution in [0.3, 0.4) is 0 Å². The zero-order chi connectivity index (χ0) is 17.4. The van der Waals surface area contributed by atoms with Gasteiger partial charge in [-0.1, -0.05) is 12.1 Å². The second kappa shape index (κ2) is 4.86. The van der Waals surface area contributed by atoms with Crippen molar-refractivity contribution in [3.63, 3.8) is 0 Å². The van der Waals surface area contributed by atoms with Crippen LogP contribution < -0.4 is 9.47 Å². The molecular weight excluding hydrogens is 318 g/mol. The van der Waals surface area contributed by atoms with Crippen LogP contribution in [-0.2, 0) is 16.6 Å². The normalized spacial score (nSPS) is 38.1. The molecule has 5 heteroatoms. The van der Waals surface area contributed by atoms with E-state index in [0.717, 1.165) is 31.5 Å². The zero-order valence-electron chi connectivity index (χ0n) is 14.5. The number of Topliss-reactive ketones (excluding diaryl/α,β-unsaturated/α-hetero) is 1. The molecular formula is C20H23NO4. The highest BCUT2D eigenvalue weighted by Gasteiger charge is 2.73. The highest BCUT2D eigenvalue weighted by atomic mass is 16.5. The number of nitrogens with zero attached hydrogens (tertiary/aromatic N) is 1. The maximum absolute atomic E-state index is 12.8. The van der Waals surface area contributed by atoms with E-state index in [1.165, 1.54) is 5.56 Å². The molecule has 0 radical (unpaired) electrons. The summed E-state index contributed by atoms with van der Waals surface area (Å²) in [4.78, 5) is 15.1. The van der Waals surface area contributed by atoms with Gasteiger partial charge in [-0.25, -0.2) is 0 Å². The zero-order valence-corrected chi connectivity index (χ0v) is 14.5. The maximum atomic E-state index is 12.8. The van der Waals surface area contributed by atoms with Crippen molar-refractivity contribution in [2.75, 3.05) is 20.2 Å². The van der Waals surface area contributed by atoms with E-state index in [1.807, 2.05) is 12.1 Å². The third-order valence-electron chi connectivity index (χ3n) is 6.94. The standard InChI is InChI=1S/C20H23NO4/c1-3-9-21-10-8-19-16-12-4-5-14(24-2)17(16)25-18(19)13(22)6-7-20(19,23)15(21)11-12/h3-5,15,18,23H,1,6-11H2,2H3/t15-,18+,19+,20-/m0/s1. The Balaban J connectivity index is 1.79. The Labute approximate surface area is 147 Å². The van der Waals surface area contributed by atoms with E-state index in [-0.39, 0.29) is 11.8 Å². The van der Waals surface area contributed by atoms with Crippen LogP contribution in [-0.4, -0.2) is 53.7 Å². The number of rotatable bonds is 3. The van der Waals surface area contributed by atoms with Gasteiger partial charge in [0.05, 0.1) is 18.1 Å². The number of methoxy groups -OCH3 is 1. The molecule has 2 fully saturated rings. The average molecular weight is 341 g/mol. The van der Waals surface area contributed by atoms with Crippen molar-refractivity contribution in [3.8, 4) is 11.5 Å². The van der Waals surface area contributed by atoms with Crippen LogP contribution in [0, 0.1) is 0 Å². The first-order chi connectivity index (χ1) is 12.1. The fraction of sp³-hybridized carbons (Fsp3) is 0.550. The summed E-state index contributed by atoms with van der Waals surface area (Å²) in [5.74, 6) is 1.44. The number of hydrogen-bond acceptors (Lipinski definition) is 5. The lowest BCUT2D eigenvalue weighted by atomic mass is 9.49. The molecule has 132 valence electrons. The van der Waals surface area contributed by atoms with Gasteiger partial charge in [0, 0.05) is 31.1 Å². The third-order valence-corrected chi connectivity index (χ3v) is 6.94. The summed E-state index contributed by atoms with van der Waals surface area (Å²) < 4.78 is 11.7. The van der Waals surface area contributed by atoms with Gasteiger partial charge in [0.15, 0.2) is 23.4 Å². The first kappa shape index (κ1) is 15.4. The van der Waals surface area contributed by atoms with Crippen LogP contribution in [0.25, 0.3) is 0 Å². The van der Waals surface area contributed by atoms with Crippen LogP contribution in [0.4, 0.5) is 0 Å². The van der Waals surface area contributed by atoms with Gasteiger partial charge in [-0.15, -0.1) is 6.58 Å². The molecule has 0 aromatic heterocycles. The lowest BCUT2D eigenvalue weighted by Crippen LogP contribution is -2.76. The maximum Gasteiger partial charge on any atom is 0.174 e. The number of carbonyl (C=O) groups is 1. The van der Waals surface area contributed by atoms with Gasteiger partial charge in [0.1, 0.15) is 0 Å². The number of ether oxygens (including phenoxy) is 2. The predicted molar refractivity (Wildman–Crippen MR) is 92.2 cm³/mol. The van der Waals surface area contributed by atoms with Crippen LogP contribution in [0.1, 0.15) is 30.4 Å². The summed E-state index contributed by atoms with van der Waals surface area (Å²) >= 11 is 0. The lowest BCUT2D eigenvalue weighted by Gasteiger charge is -2.62. The van der Waals surface area contributed by atoms with E-state index in [0.29, 0.717) is 24.3 Å². The van der Waals surface area contributed by atoms with Gasteiger partial charge in [-0.2, -0.15) is 0 Å². The van der Waals surface area contributed by atoms with Gasteiger partial charge in [-0.05, 0) is 30.9 Å². The summed E-state index contributed by atoms with van der Waals surface area (Å²) in [6, 6.07) is 3.99. The fourth-order valence-corrected chi connectivity index (χ4v) is 5.95. The number of aliphatic hydroxyl groups is 1. The van der Waals surface area contributed by atoms with Gasteiger partial charge in [-0.3, -0.25) is 9.69 Å². The molecule has 1 aromatic carbocycles. The molecule has 0 amide bonds. The number of likely N-dealkylation sites (tertiary alicyclic amines) is 1. The van der Waals surface area contributed by atoms with Crippen LogP contribution >= 0.6 is 0 Å². The molecule has 1 saturated carbocycles. The number of benzene rings is 1. The second-order valence-corrected chi connectivity index (χ2v) is 7.74. The molecule has 2 aliphatic heterocycles. The topological polar surface area (TPSA) is 59.0 Å². The van der Waals surface area contributed by atoms with Crippen molar-refractivity contribution >= 4 is 5.78 Å². The largest absolute Gasteiger partial charge is 0.493 e. The Morgan fingerprint density at radius 1 is 1.48 bits per heavy atom. The summed E-state index contributed by atoms with van der Waals surface area (Å²) in [6.45, 7) is 5.46. The van der Waals surface area contributed by atoms with Crippen molar-refractivity contribution in [1.82, 2.24) is 4.90 Å². The van der Waals surface area contributed by atoms with Crippen LogP contribution in [0.15, 0.2) is 24.8 Å². The van der Waals surface area contributed by atoms with E-state index < -0.39 is 17.1 Å². The van der Waals surface area contributed by atoms with E-state index in [1.54, 1.807) is 7.11 Å². The Bertz CT molecular complexity index is 790. The summed E-state index contributed by atoms with van der Waals surface area (Å²) in [5, 5.41) is 11.9. The molecule has 1 N–H and O–H groups in total. The third kappa shape index (κ3) is 1.59. The Kier molecular flexibility index (Phi) is 3.00. The summed E-state index contributed by atoms with van der Waals surface area (Å²) in [7, 11) is 1.62. The molecule has 1 saturated heterocycles. The van der Waals surface area contributed by atoms with Gasteiger partial charge in [0.2, 0.25) is 0 Å². The van der Waals surface area contributed by atoms with E-state index >= 15 is 0 Å². The van der Waals surface area contributed by atoms with Crippen molar-refractivity contribution in [3.05, 3.63) is 35.9 Å². The van der Waals surface area contributed by atoms with E-state index in [2.05, 4.69) is 17.5 Å². The van der Waals surface area contributed by atoms with Gasteiger partial charge >= 0.3 is 0 Å². The van der Waals surface area contributed by atoms with Crippen LogP contribution in [0.5, 0.6) is 11.5 Å². The molecule has 4 atom stereocenters. The molecule has 1 aromatic rings. The van der Waals surface area contributed by atoms with Crippen molar-refractivity contribution in [2.24, 2.45) is 0 Å².